The van der Waals surface area contributed by atoms with Crippen molar-refractivity contribution < 1.29 is 9.47 Å². The van der Waals surface area contributed by atoms with Gasteiger partial charge in [-0.05, 0) is 0 Å². The second-order valence-electron chi connectivity index (χ2n) is 7.56. The van der Waals surface area contributed by atoms with E-state index in [1.54, 1.807) is 14.2 Å². The summed E-state index contributed by atoms with van der Waals surface area (Å²) in [4.78, 5) is 1.34. The maximum atomic E-state index is 6.47. The molecule has 3 rings (SSSR count). The van der Waals surface area contributed by atoms with Gasteiger partial charge in [0.15, 0.2) is 0 Å². The van der Waals surface area contributed by atoms with Gasteiger partial charge in [-0.1, -0.05) is 0 Å². The predicted molar refractivity (Wildman–Crippen MR) is 145 cm³/mol. The molecule has 0 spiro atoms. The summed E-state index contributed by atoms with van der Waals surface area (Å²) in [7, 11) is 3.42. The van der Waals surface area contributed by atoms with Crippen LogP contribution in [0.2, 0.25) is 0 Å². The van der Waals surface area contributed by atoms with Crippen LogP contribution in [0.1, 0.15) is 18.1 Å². The van der Waals surface area contributed by atoms with Crippen molar-refractivity contribution in [2.75, 3.05) is 26.5 Å². The Bertz CT molecular complexity index is 939. The van der Waals surface area contributed by atoms with Crippen molar-refractivity contribution >= 4 is 42.8 Å². The van der Waals surface area contributed by atoms with Gasteiger partial charge in [-0.2, -0.15) is 0 Å². The van der Waals surface area contributed by atoms with Gasteiger partial charge < -0.3 is 0 Å². The Morgan fingerprint density at radius 1 is 0.781 bits per heavy atom. The van der Waals surface area contributed by atoms with Crippen molar-refractivity contribution in [3.05, 3.63) is 90.0 Å². The average molecular weight is 550 g/mol. The quantitative estimate of drug-likeness (QED) is 0.142. The van der Waals surface area contributed by atoms with Crippen LogP contribution in [0.25, 0.3) is 0 Å². The Labute approximate surface area is 208 Å². The molecule has 0 aliphatic carbocycles. The Morgan fingerprint density at radius 3 is 1.69 bits per heavy atom. The zero-order valence-electron chi connectivity index (χ0n) is 18.9. The van der Waals surface area contributed by atoms with Crippen LogP contribution in [0.15, 0.2) is 83.8 Å². The number of hydrogen-bond donors (Lipinski definition) is 0. The van der Waals surface area contributed by atoms with E-state index in [1.165, 1.54) is 16.0 Å². The molecular formula is C26H31O2PS2Se. The zero-order valence-corrected chi connectivity index (χ0v) is 23.1. The van der Waals surface area contributed by atoms with Gasteiger partial charge in [0.2, 0.25) is 0 Å². The molecule has 0 N–H and O–H groups in total. The number of ether oxygens (including phenoxy) is 2. The molecule has 0 radical (unpaired) electrons. The Balaban J connectivity index is 1.67. The van der Waals surface area contributed by atoms with Crippen molar-refractivity contribution in [2.24, 2.45) is 0 Å². The van der Waals surface area contributed by atoms with Crippen molar-refractivity contribution in [3.8, 4) is 11.5 Å². The minimum absolute atomic E-state index is 0.432. The Kier molecular flexibility index (Phi) is 10.2. The molecule has 170 valence electrons. The van der Waals surface area contributed by atoms with Crippen molar-refractivity contribution in [3.63, 3.8) is 0 Å². The molecule has 0 amide bonds. The van der Waals surface area contributed by atoms with E-state index in [9.17, 15) is 0 Å². The summed E-state index contributed by atoms with van der Waals surface area (Å²) in [5.74, 6) is 1.81. The van der Waals surface area contributed by atoms with E-state index in [4.69, 9.17) is 21.3 Å². The summed E-state index contributed by atoms with van der Waals surface area (Å²) in [6.07, 6.45) is 4.36. The van der Waals surface area contributed by atoms with Crippen LogP contribution in [0.5, 0.6) is 11.5 Å². The molecule has 3 aromatic rings. The molecule has 2 nitrogen and oxygen atoms in total. The fraction of sp³-hybridized carbons (Fsp3) is 0.308. The third-order valence-corrected chi connectivity index (χ3v) is 19.5. The number of thioether (sulfide) groups is 1. The Morgan fingerprint density at radius 2 is 1.25 bits per heavy atom. The molecule has 0 aromatic heterocycles. The van der Waals surface area contributed by atoms with Crippen molar-refractivity contribution in [2.45, 2.75) is 28.8 Å². The van der Waals surface area contributed by atoms with Gasteiger partial charge >= 0.3 is 209 Å². The molecule has 0 bridgehead atoms. The van der Waals surface area contributed by atoms with Crippen molar-refractivity contribution in [1.29, 1.82) is 0 Å². The maximum absolute atomic E-state index is 6.47. The van der Waals surface area contributed by atoms with Gasteiger partial charge in [-0.15, -0.1) is 0 Å². The summed E-state index contributed by atoms with van der Waals surface area (Å²) >= 11 is 8.88. The third-order valence-electron chi connectivity index (χ3n) is 5.19. The summed E-state index contributed by atoms with van der Waals surface area (Å²) in [6, 6.07) is 27.6. The fourth-order valence-corrected chi connectivity index (χ4v) is 19.8. The summed E-state index contributed by atoms with van der Waals surface area (Å²) in [5.41, 5.74) is 2.70. The molecule has 1 atom stereocenters. The predicted octanol–water partition coefficient (Wildman–Crippen LogP) is 6.73. The molecular weight excluding hydrogens is 518 g/mol. The first-order chi connectivity index (χ1) is 15.5. The zero-order chi connectivity index (χ0) is 22.8. The summed E-state index contributed by atoms with van der Waals surface area (Å²) in [6.45, 7) is 2.36. The molecule has 0 aliphatic rings. The van der Waals surface area contributed by atoms with E-state index in [1.807, 2.05) is 11.8 Å². The fourth-order valence-electron chi connectivity index (χ4n) is 3.38. The molecule has 32 heavy (non-hydrogen) atoms. The first-order valence-electron chi connectivity index (χ1n) is 10.7. The second kappa shape index (κ2) is 12.9. The van der Waals surface area contributed by atoms with Gasteiger partial charge in [0, 0.05) is 0 Å². The normalized spacial score (nSPS) is 12.3. The van der Waals surface area contributed by atoms with Crippen LogP contribution < -0.4 is 9.47 Å². The van der Waals surface area contributed by atoms with Gasteiger partial charge in [-0.25, -0.2) is 0 Å². The number of rotatable bonds is 12. The van der Waals surface area contributed by atoms with Crippen LogP contribution in [0.4, 0.5) is 0 Å². The van der Waals surface area contributed by atoms with Gasteiger partial charge in [0.05, 0.1) is 0 Å². The molecule has 1 unspecified atom stereocenters. The first kappa shape index (κ1) is 25.4. The number of methoxy groups -OCH3 is 2. The molecule has 0 heterocycles. The van der Waals surface area contributed by atoms with Gasteiger partial charge in [0.1, 0.15) is 0 Å². The first-order valence-corrected chi connectivity index (χ1v) is 18.0. The van der Waals surface area contributed by atoms with Crippen LogP contribution >= 0.6 is 16.5 Å². The monoisotopic (exact) mass is 550 g/mol. The van der Waals surface area contributed by atoms with Crippen molar-refractivity contribution in [1.82, 2.24) is 0 Å². The van der Waals surface area contributed by atoms with Crippen LogP contribution in [0.3, 0.4) is 0 Å². The molecule has 0 saturated heterocycles. The van der Waals surface area contributed by atoms with Crippen LogP contribution in [0, 0.1) is 0 Å². The molecule has 0 fully saturated rings. The molecule has 0 aliphatic heterocycles. The van der Waals surface area contributed by atoms with Crippen LogP contribution in [-0.4, -0.2) is 45.2 Å². The topological polar surface area (TPSA) is 18.5 Å². The molecule has 0 saturated carbocycles. The van der Waals surface area contributed by atoms with E-state index in [2.05, 4.69) is 85.8 Å². The van der Waals surface area contributed by atoms with E-state index in [-0.39, 0.29) is 0 Å². The molecule has 3 aromatic carbocycles. The van der Waals surface area contributed by atoms with E-state index in [0.717, 1.165) is 36.7 Å². The number of aryl methyl sites for hydroxylation is 2. The number of hydrogen-bond acceptors (Lipinski definition) is 4. The minimum atomic E-state index is -1.47. The molecule has 6 heteroatoms. The standard InChI is InChI=1S/C26H31O2PS2Se/c1-21(31-26-7-5-4-6-8-26)32-29(30,19-17-22-9-13-24(27-2)14-10-22)20-18-23-11-15-25(28-3)16-12-23/h4-16,21H,17-20H2,1-3H3. The third kappa shape index (κ3) is 8.28. The Hall–Kier alpha value is -1.22. The van der Waals surface area contributed by atoms with E-state index < -0.39 is 4.73 Å². The summed E-state index contributed by atoms with van der Waals surface area (Å²) < 4.78 is 9.71. The van der Waals surface area contributed by atoms with Gasteiger partial charge in [0.25, 0.3) is 0 Å². The SMILES string of the molecule is COc1ccc(CCP(=S)(CCc2ccc(OC)cc2)[Se]C(C)Sc2ccccc2)cc1. The number of benzene rings is 3. The summed E-state index contributed by atoms with van der Waals surface area (Å²) in [5, 5.41) is 0. The van der Waals surface area contributed by atoms with E-state index in [0.29, 0.717) is 18.7 Å². The van der Waals surface area contributed by atoms with E-state index >= 15 is 0 Å². The second-order valence-corrected chi connectivity index (χ2v) is 23.3. The average Bonchev–Trinajstić information content (AvgIpc) is 2.83. The van der Waals surface area contributed by atoms with Gasteiger partial charge in [-0.3, -0.25) is 0 Å². The van der Waals surface area contributed by atoms with Crippen LogP contribution in [-0.2, 0) is 24.6 Å².